The van der Waals surface area contributed by atoms with E-state index in [2.05, 4.69) is 25.7 Å². The molecule has 1 amide bonds. The first-order chi connectivity index (χ1) is 11.9. The van der Waals surface area contributed by atoms with Gasteiger partial charge in [0.05, 0.1) is 23.7 Å². The third kappa shape index (κ3) is 3.03. The molecule has 0 atom stereocenters. The largest absolute Gasteiger partial charge is 0.289 e. The van der Waals surface area contributed by atoms with Gasteiger partial charge in [-0.25, -0.2) is 15.1 Å². The summed E-state index contributed by atoms with van der Waals surface area (Å²) in [6.07, 6.45) is 3.83. The van der Waals surface area contributed by atoms with Crippen LogP contribution in [0.1, 0.15) is 11.3 Å². The van der Waals surface area contributed by atoms with E-state index in [1.807, 2.05) is 0 Å². The quantitative estimate of drug-likeness (QED) is 0.504. The van der Waals surface area contributed by atoms with Gasteiger partial charge in [-0.1, -0.05) is 0 Å². The average molecular weight is 346 g/mol. The molecule has 0 aromatic carbocycles. The highest BCUT2D eigenvalue weighted by Gasteiger charge is 2.12. The van der Waals surface area contributed by atoms with Gasteiger partial charge < -0.3 is 0 Å². The van der Waals surface area contributed by atoms with Crippen LogP contribution in [0.2, 0.25) is 0 Å². The number of nitrogens with zero attached hydrogens (tertiary/aromatic N) is 7. The number of hydrazone groups is 1. The van der Waals surface area contributed by atoms with Crippen LogP contribution in [-0.4, -0.2) is 41.2 Å². The highest BCUT2D eigenvalue weighted by molar-refractivity contribution is 5.83. The monoisotopic (exact) mass is 346 g/mol. The lowest BCUT2D eigenvalue weighted by molar-refractivity contribution is -0.121. The number of amides is 1. The molecule has 0 saturated heterocycles. The van der Waals surface area contributed by atoms with Gasteiger partial charge in [-0.15, -0.1) is 0 Å². The van der Waals surface area contributed by atoms with E-state index in [1.165, 1.54) is 30.5 Å². The van der Waals surface area contributed by atoms with Crippen LogP contribution in [0.25, 0.3) is 11.0 Å². The minimum absolute atomic E-state index is 0.179. The molecule has 10 nitrogen and oxygen atoms in total. The lowest BCUT2D eigenvalue weighted by Crippen LogP contribution is -2.30. The van der Waals surface area contributed by atoms with Crippen LogP contribution in [0.4, 0.5) is 4.39 Å². The number of halogens is 1. The molecular formula is C14H15FN8O2. The fourth-order valence-electron chi connectivity index (χ4n) is 2.33. The molecule has 0 saturated carbocycles. The maximum absolute atomic E-state index is 13.7. The van der Waals surface area contributed by atoms with Gasteiger partial charge in [-0.2, -0.15) is 19.7 Å². The summed E-state index contributed by atoms with van der Waals surface area (Å²) in [5, 5.41) is 11.9. The van der Waals surface area contributed by atoms with Crippen molar-refractivity contribution in [3.63, 3.8) is 0 Å². The van der Waals surface area contributed by atoms with Gasteiger partial charge in [0.15, 0.2) is 5.65 Å². The number of hydrogen-bond acceptors (Lipinski definition) is 6. The molecule has 3 aromatic heterocycles. The average Bonchev–Trinajstić information content (AvgIpc) is 3.05. The molecule has 0 radical (unpaired) electrons. The lowest BCUT2D eigenvalue weighted by atomic mass is 10.3. The molecule has 0 bridgehead atoms. The number of nitrogens with one attached hydrogen (secondary N) is 1. The Kier molecular flexibility index (Phi) is 4.13. The zero-order valence-corrected chi connectivity index (χ0v) is 13.8. The van der Waals surface area contributed by atoms with E-state index >= 15 is 0 Å². The van der Waals surface area contributed by atoms with Crippen LogP contribution in [0.3, 0.4) is 0 Å². The van der Waals surface area contributed by atoms with Crippen LogP contribution >= 0.6 is 0 Å². The first-order valence-electron chi connectivity index (χ1n) is 7.26. The molecule has 1 N–H and O–H groups in total. The smallest absolute Gasteiger partial charge is 0.264 e. The molecule has 3 heterocycles. The van der Waals surface area contributed by atoms with Gasteiger partial charge in [0, 0.05) is 14.1 Å². The summed E-state index contributed by atoms with van der Waals surface area (Å²) in [7, 11) is 3.13. The second-order valence-corrected chi connectivity index (χ2v) is 5.39. The van der Waals surface area contributed by atoms with Gasteiger partial charge in [0.25, 0.3) is 11.5 Å². The van der Waals surface area contributed by atoms with E-state index < -0.39 is 11.9 Å². The van der Waals surface area contributed by atoms with Crippen molar-refractivity contribution in [1.82, 2.24) is 34.5 Å². The van der Waals surface area contributed by atoms with Crippen LogP contribution in [-0.2, 0) is 25.4 Å². The number of carbonyl (C=O) groups is 1. The topological polar surface area (TPSA) is 112 Å². The Morgan fingerprint density at radius 2 is 2.16 bits per heavy atom. The zero-order valence-electron chi connectivity index (χ0n) is 13.8. The van der Waals surface area contributed by atoms with Crippen LogP contribution < -0.4 is 11.0 Å². The summed E-state index contributed by atoms with van der Waals surface area (Å²) in [6.45, 7) is 1.35. The van der Waals surface area contributed by atoms with Gasteiger partial charge in [-0.05, 0) is 6.92 Å². The Labute approximate surface area is 140 Å². The second-order valence-electron chi connectivity index (χ2n) is 5.39. The molecule has 0 unspecified atom stereocenters. The molecule has 0 aliphatic carbocycles. The van der Waals surface area contributed by atoms with Crippen molar-refractivity contribution in [2.75, 3.05) is 0 Å². The fourth-order valence-corrected chi connectivity index (χ4v) is 2.33. The Morgan fingerprint density at radius 3 is 2.84 bits per heavy atom. The Balaban J connectivity index is 1.72. The first kappa shape index (κ1) is 16.5. The molecule has 0 fully saturated rings. The summed E-state index contributed by atoms with van der Waals surface area (Å²) in [6, 6.07) is 0. The molecule has 3 rings (SSSR count). The van der Waals surface area contributed by atoms with Crippen molar-refractivity contribution in [2.24, 2.45) is 19.2 Å². The molecule has 3 aromatic rings. The maximum atomic E-state index is 13.7. The van der Waals surface area contributed by atoms with E-state index in [0.717, 1.165) is 9.25 Å². The number of hydrogen-bond donors (Lipinski definition) is 1. The molecule has 25 heavy (non-hydrogen) atoms. The summed E-state index contributed by atoms with van der Waals surface area (Å²) in [5.41, 5.74) is 2.92. The van der Waals surface area contributed by atoms with E-state index in [1.54, 1.807) is 14.0 Å². The fraction of sp³-hybridized carbons (Fsp3) is 0.286. The van der Waals surface area contributed by atoms with Gasteiger partial charge in [0.2, 0.25) is 5.95 Å². The lowest BCUT2D eigenvalue weighted by Gasteiger charge is -2.04. The minimum atomic E-state index is -0.557. The van der Waals surface area contributed by atoms with Gasteiger partial charge >= 0.3 is 0 Å². The second kappa shape index (κ2) is 6.26. The molecule has 0 aliphatic rings. The van der Waals surface area contributed by atoms with E-state index in [4.69, 9.17) is 0 Å². The molecular weight excluding hydrogens is 331 g/mol. The number of aromatic nitrogens is 6. The van der Waals surface area contributed by atoms with Crippen molar-refractivity contribution in [1.29, 1.82) is 0 Å². The third-order valence-corrected chi connectivity index (χ3v) is 3.61. The molecule has 11 heteroatoms. The van der Waals surface area contributed by atoms with E-state index in [9.17, 15) is 14.0 Å². The highest BCUT2D eigenvalue weighted by Crippen LogP contribution is 2.07. The van der Waals surface area contributed by atoms with Crippen LogP contribution in [0.5, 0.6) is 0 Å². The number of rotatable bonds is 4. The van der Waals surface area contributed by atoms with Crippen molar-refractivity contribution in [2.45, 2.75) is 13.5 Å². The third-order valence-electron chi connectivity index (χ3n) is 3.61. The normalized spacial score (nSPS) is 11.5. The van der Waals surface area contributed by atoms with Crippen LogP contribution in [0.15, 0.2) is 22.4 Å². The Morgan fingerprint density at radius 1 is 1.40 bits per heavy atom. The number of carbonyl (C=O) groups excluding carboxylic acids is 1. The Hall–Kier alpha value is -3.37. The summed E-state index contributed by atoms with van der Waals surface area (Å²) < 4.78 is 17.4. The van der Waals surface area contributed by atoms with E-state index in [0.29, 0.717) is 16.7 Å². The summed E-state index contributed by atoms with van der Waals surface area (Å²) in [4.78, 5) is 28.3. The first-order valence-corrected chi connectivity index (χ1v) is 7.26. The predicted octanol–water partition coefficient (Wildman–Crippen LogP) is -0.539. The Bertz CT molecular complexity index is 1050. The molecule has 0 aliphatic heterocycles. The van der Waals surface area contributed by atoms with E-state index in [-0.39, 0.29) is 17.7 Å². The van der Waals surface area contributed by atoms with Gasteiger partial charge in [0.1, 0.15) is 18.3 Å². The van der Waals surface area contributed by atoms with Crippen molar-refractivity contribution < 1.29 is 9.18 Å². The standard InChI is InChI=1S/C14H15FN8O2/c1-8-9(12(15)21(2)20-8)4-17-19-11(24)6-23-7-16-13-10(14(23)25)5-18-22(13)3/h4-5,7H,6H2,1-3H3,(H,19,24)/b17-4+. The van der Waals surface area contributed by atoms with Crippen LogP contribution in [0, 0.1) is 12.9 Å². The van der Waals surface area contributed by atoms with Gasteiger partial charge in [-0.3, -0.25) is 18.8 Å². The van der Waals surface area contributed by atoms with Crippen molar-refractivity contribution >= 4 is 23.2 Å². The van der Waals surface area contributed by atoms with Crippen molar-refractivity contribution in [3.05, 3.63) is 40.1 Å². The van der Waals surface area contributed by atoms with Crippen molar-refractivity contribution in [3.8, 4) is 0 Å². The zero-order chi connectivity index (χ0) is 18.1. The SMILES string of the molecule is Cc1nn(C)c(F)c1/C=N/NC(=O)Cn1cnc2c(cnn2C)c1=O. The molecule has 130 valence electrons. The highest BCUT2D eigenvalue weighted by atomic mass is 19.1. The summed E-state index contributed by atoms with van der Waals surface area (Å²) >= 11 is 0. The minimum Gasteiger partial charge on any atom is -0.289 e. The summed E-state index contributed by atoms with van der Waals surface area (Å²) in [5.74, 6) is -1.11. The number of aryl methyl sites for hydroxylation is 3. The predicted molar refractivity (Wildman–Crippen MR) is 86.4 cm³/mol. The molecule has 0 spiro atoms. The number of fused-ring (bicyclic) bond motifs is 1. The maximum Gasteiger partial charge on any atom is 0.264 e.